The summed E-state index contributed by atoms with van der Waals surface area (Å²) >= 11 is 9.61. The SMILES string of the molecule is O=C(NC1CCCCC1Cl)c1ccccc1Br. The van der Waals surface area contributed by atoms with Crippen molar-refractivity contribution >= 4 is 33.4 Å². The fourth-order valence-electron chi connectivity index (χ4n) is 2.14. The summed E-state index contributed by atoms with van der Waals surface area (Å²) in [6.07, 6.45) is 4.27. The Bertz CT molecular complexity index is 410. The summed E-state index contributed by atoms with van der Waals surface area (Å²) in [5, 5.41) is 3.09. The van der Waals surface area contributed by atoms with Gasteiger partial charge in [-0.25, -0.2) is 0 Å². The largest absolute Gasteiger partial charge is 0.348 e. The van der Waals surface area contributed by atoms with E-state index in [1.165, 1.54) is 0 Å². The molecule has 1 N–H and O–H groups in total. The van der Waals surface area contributed by atoms with Crippen LogP contribution in [0.4, 0.5) is 0 Å². The van der Waals surface area contributed by atoms with Crippen LogP contribution in [0.1, 0.15) is 36.0 Å². The standard InChI is InChI=1S/C13H15BrClNO/c14-10-6-2-1-5-9(10)13(17)16-12-8-4-3-7-11(12)15/h1-2,5-6,11-12H,3-4,7-8H2,(H,16,17). The molecule has 4 heteroatoms. The number of amides is 1. The van der Waals surface area contributed by atoms with Crippen molar-refractivity contribution in [2.24, 2.45) is 0 Å². The van der Waals surface area contributed by atoms with Crippen LogP contribution in [0.3, 0.4) is 0 Å². The molecule has 2 unspecified atom stereocenters. The lowest BCUT2D eigenvalue weighted by Crippen LogP contribution is -2.42. The first kappa shape index (κ1) is 12.9. The Hall–Kier alpha value is -0.540. The number of halogens is 2. The summed E-state index contributed by atoms with van der Waals surface area (Å²) in [5.74, 6) is -0.0463. The normalized spacial score (nSPS) is 24.4. The van der Waals surface area contributed by atoms with E-state index in [4.69, 9.17) is 11.6 Å². The molecular formula is C13H15BrClNO. The fourth-order valence-corrected chi connectivity index (χ4v) is 2.95. The second kappa shape index (κ2) is 5.87. The number of benzene rings is 1. The van der Waals surface area contributed by atoms with Gasteiger partial charge in [0.2, 0.25) is 0 Å². The Labute approximate surface area is 115 Å². The predicted octanol–water partition coefficient (Wildman–Crippen LogP) is 3.73. The maximum absolute atomic E-state index is 12.1. The third kappa shape index (κ3) is 3.23. The van der Waals surface area contributed by atoms with Crippen molar-refractivity contribution in [1.29, 1.82) is 0 Å². The number of hydrogen-bond acceptors (Lipinski definition) is 1. The topological polar surface area (TPSA) is 29.1 Å². The molecule has 0 spiro atoms. The molecule has 17 heavy (non-hydrogen) atoms. The molecule has 1 amide bonds. The summed E-state index contributed by atoms with van der Waals surface area (Å²) in [5.41, 5.74) is 0.668. The summed E-state index contributed by atoms with van der Waals surface area (Å²) in [6, 6.07) is 7.54. The van der Waals surface area contributed by atoms with E-state index in [1.54, 1.807) is 0 Å². The van der Waals surface area contributed by atoms with Gasteiger partial charge in [0, 0.05) is 10.5 Å². The molecule has 2 rings (SSSR count). The minimum Gasteiger partial charge on any atom is -0.348 e. The fraction of sp³-hybridized carbons (Fsp3) is 0.462. The van der Waals surface area contributed by atoms with E-state index in [9.17, 15) is 4.79 Å². The van der Waals surface area contributed by atoms with Crippen molar-refractivity contribution in [3.05, 3.63) is 34.3 Å². The van der Waals surface area contributed by atoms with E-state index in [-0.39, 0.29) is 17.3 Å². The van der Waals surface area contributed by atoms with Crippen molar-refractivity contribution in [3.8, 4) is 0 Å². The highest BCUT2D eigenvalue weighted by Gasteiger charge is 2.25. The van der Waals surface area contributed by atoms with Crippen LogP contribution in [0, 0.1) is 0 Å². The molecule has 2 nitrogen and oxygen atoms in total. The lowest BCUT2D eigenvalue weighted by molar-refractivity contribution is 0.0928. The number of carbonyl (C=O) groups excluding carboxylic acids is 1. The zero-order valence-electron chi connectivity index (χ0n) is 9.46. The number of nitrogens with one attached hydrogen (secondary N) is 1. The molecule has 1 aliphatic rings. The van der Waals surface area contributed by atoms with E-state index in [1.807, 2.05) is 24.3 Å². The van der Waals surface area contributed by atoms with Crippen LogP contribution >= 0.6 is 27.5 Å². The van der Waals surface area contributed by atoms with Crippen molar-refractivity contribution in [2.75, 3.05) is 0 Å². The highest BCUT2D eigenvalue weighted by Crippen LogP contribution is 2.24. The Morgan fingerprint density at radius 3 is 2.71 bits per heavy atom. The van der Waals surface area contributed by atoms with Crippen molar-refractivity contribution in [1.82, 2.24) is 5.32 Å². The monoisotopic (exact) mass is 315 g/mol. The van der Waals surface area contributed by atoms with Gasteiger partial charge in [0.15, 0.2) is 0 Å². The number of rotatable bonds is 2. The lowest BCUT2D eigenvalue weighted by Gasteiger charge is -2.27. The Morgan fingerprint density at radius 2 is 2.00 bits per heavy atom. The average molecular weight is 317 g/mol. The van der Waals surface area contributed by atoms with Gasteiger partial charge in [-0.15, -0.1) is 11.6 Å². The van der Waals surface area contributed by atoms with E-state index in [0.717, 1.165) is 30.2 Å². The molecule has 1 aromatic rings. The minimum absolute atomic E-state index is 0.0463. The number of hydrogen-bond donors (Lipinski definition) is 1. The van der Waals surface area contributed by atoms with Crippen LogP contribution in [0.25, 0.3) is 0 Å². The Kier molecular flexibility index (Phi) is 4.46. The quantitative estimate of drug-likeness (QED) is 0.828. The van der Waals surface area contributed by atoms with Crippen molar-refractivity contribution < 1.29 is 4.79 Å². The maximum atomic E-state index is 12.1. The molecule has 0 aliphatic heterocycles. The third-order valence-corrected chi connectivity index (χ3v) is 4.33. The molecule has 0 saturated heterocycles. The number of carbonyl (C=O) groups is 1. The molecule has 1 fully saturated rings. The zero-order chi connectivity index (χ0) is 12.3. The second-order valence-electron chi connectivity index (χ2n) is 4.36. The van der Waals surface area contributed by atoms with E-state index in [0.29, 0.717) is 5.56 Å². The van der Waals surface area contributed by atoms with Gasteiger partial charge < -0.3 is 5.32 Å². The van der Waals surface area contributed by atoms with Crippen LogP contribution < -0.4 is 5.32 Å². The van der Waals surface area contributed by atoms with Crippen molar-refractivity contribution in [3.63, 3.8) is 0 Å². The highest BCUT2D eigenvalue weighted by atomic mass is 79.9. The van der Waals surface area contributed by atoms with Crippen molar-refractivity contribution in [2.45, 2.75) is 37.1 Å². The summed E-state index contributed by atoms with van der Waals surface area (Å²) in [7, 11) is 0. The Morgan fingerprint density at radius 1 is 1.29 bits per heavy atom. The van der Waals surface area contributed by atoms with Crippen LogP contribution in [0.2, 0.25) is 0 Å². The van der Waals surface area contributed by atoms with Crippen LogP contribution in [0.5, 0.6) is 0 Å². The third-order valence-electron chi connectivity index (χ3n) is 3.12. The average Bonchev–Trinajstić information content (AvgIpc) is 2.32. The minimum atomic E-state index is -0.0463. The zero-order valence-corrected chi connectivity index (χ0v) is 11.8. The molecule has 0 radical (unpaired) electrons. The van der Waals surface area contributed by atoms with Gasteiger partial charge >= 0.3 is 0 Å². The van der Waals surface area contributed by atoms with Crippen LogP contribution in [0.15, 0.2) is 28.7 Å². The van der Waals surface area contributed by atoms with Gasteiger partial charge in [-0.1, -0.05) is 25.0 Å². The lowest BCUT2D eigenvalue weighted by atomic mass is 9.94. The summed E-state index contributed by atoms with van der Waals surface area (Å²) < 4.78 is 0.819. The first-order valence-electron chi connectivity index (χ1n) is 5.88. The van der Waals surface area contributed by atoms with E-state index in [2.05, 4.69) is 21.2 Å². The number of alkyl halides is 1. The molecule has 1 aromatic carbocycles. The van der Waals surface area contributed by atoms with Gasteiger partial charge in [0.05, 0.1) is 10.9 Å². The first-order valence-corrected chi connectivity index (χ1v) is 7.11. The summed E-state index contributed by atoms with van der Waals surface area (Å²) in [4.78, 5) is 12.1. The molecule has 92 valence electrons. The first-order chi connectivity index (χ1) is 8.18. The predicted molar refractivity (Wildman–Crippen MR) is 73.5 cm³/mol. The van der Waals surface area contributed by atoms with Gasteiger partial charge in [0.1, 0.15) is 0 Å². The van der Waals surface area contributed by atoms with Gasteiger partial charge in [-0.3, -0.25) is 4.79 Å². The molecule has 1 aliphatic carbocycles. The van der Waals surface area contributed by atoms with Crippen LogP contribution in [-0.2, 0) is 0 Å². The molecule has 0 heterocycles. The van der Waals surface area contributed by atoms with E-state index >= 15 is 0 Å². The molecule has 1 saturated carbocycles. The molecule has 2 atom stereocenters. The highest BCUT2D eigenvalue weighted by molar-refractivity contribution is 9.10. The molecule has 0 bridgehead atoms. The second-order valence-corrected chi connectivity index (χ2v) is 5.78. The van der Waals surface area contributed by atoms with Gasteiger partial charge in [0.25, 0.3) is 5.91 Å². The maximum Gasteiger partial charge on any atom is 0.252 e. The van der Waals surface area contributed by atoms with E-state index < -0.39 is 0 Å². The smallest absolute Gasteiger partial charge is 0.252 e. The van der Waals surface area contributed by atoms with Gasteiger partial charge in [-0.05, 0) is 40.9 Å². The van der Waals surface area contributed by atoms with Crippen LogP contribution in [-0.4, -0.2) is 17.3 Å². The Balaban J connectivity index is 2.04. The molecule has 0 aromatic heterocycles. The summed E-state index contributed by atoms with van der Waals surface area (Å²) in [6.45, 7) is 0. The van der Waals surface area contributed by atoms with Gasteiger partial charge in [-0.2, -0.15) is 0 Å². The molecular weight excluding hydrogens is 302 g/mol.